The molecule has 0 saturated carbocycles. The molecule has 12 heteroatoms. The summed E-state index contributed by atoms with van der Waals surface area (Å²) in [7, 11) is 0. The van der Waals surface area contributed by atoms with Gasteiger partial charge < -0.3 is 24.7 Å². The lowest BCUT2D eigenvalue weighted by Crippen LogP contribution is -2.45. The smallest absolute Gasteiger partial charge is 0.475 e. The quantitative estimate of drug-likeness (QED) is 0.562. The monoisotopic (exact) mass is 452 g/mol. The lowest BCUT2D eigenvalue weighted by Gasteiger charge is -2.24. The average Bonchev–Trinajstić information content (AvgIpc) is 3.34. The van der Waals surface area contributed by atoms with E-state index in [1.165, 1.54) is 0 Å². The number of nitrogens with one attached hydrogen (secondary N) is 2. The van der Waals surface area contributed by atoms with Gasteiger partial charge in [0.25, 0.3) is 0 Å². The van der Waals surface area contributed by atoms with E-state index in [9.17, 15) is 18.0 Å². The van der Waals surface area contributed by atoms with Gasteiger partial charge in [-0.25, -0.2) is 19.6 Å². The fraction of sp³-hybridized carbons (Fsp3) is 0.400. The molecule has 4 rings (SSSR count). The third kappa shape index (κ3) is 5.99. The van der Waals surface area contributed by atoms with Gasteiger partial charge in [-0.3, -0.25) is 0 Å². The summed E-state index contributed by atoms with van der Waals surface area (Å²) < 4.78 is 35.9. The van der Waals surface area contributed by atoms with Crippen molar-refractivity contribution in [2.75, 3.05) is 6.54 Å². The maximum Gasteiger partial charge on any atom is 0.490 e. The highest BCUT2D eigenvalue weighted by atomic mass is 19.4. The number of urea groups is 1. The number of aryl methyl sites for hydroxylation is 2. The number of imidazole rings is 2. The molecule has 2 amide bonds. The maximum atomic E-state index is 12.1. The summed E-state index contributed by atoms with van der Waals surface area (Å²) >= 11 is 0. The topological polar surface area (TPSA) is 114 Å². The number of amides is 2. The normalized spacial score (nSPS) is 15.4. The Morgan fingerprint density at radius 2 is 2.06 bits per heavy atom. The van der Waals surface area contributed by atoms with Crippen LogP contribution in [0.1, 0.15) is 23.6 Å². The van der Waals surface area contributed by atoms with Crippen LogP contribution in [-0.4, -0.2) is 54.8 Å². The predicted octanol–water partition coefficient (Wildman–Crippen LogP) is 2.33. The summed E-state index contributed by atoms with van der Waals surface area (Å²) in [6, 6.07) is 6.07. The predicted molar refractivity (Wildman–Crippen MR) is 108 cm³/mol. The summed E-state index contributed by atoms with van der Waals surface area (Å²) in [5, 5.41) is 13.1. The molecule has 4 heterocycles. The zero-order valence-electron chi connectivity index (χ0n) is 17.3. The second kappa shape index (κ2) is 9.71. The van der Waals surface area contributed by atoms with Crippen molar-refractivity contribution in [2.45, 2.75) is 44.9 Å². The first kappa shape index (κ1) is 23.1. The summed E-state index contributed by atoms with van der Waals surface area (Å²) in [6.07, 6.45) is 3.18. The summed E-state index contributed by atoms with van der Waals surface area (Å²) in [5.74, 6) is -1.72. The third-order valence-electron chi connectivity index (χ3n) is 4.94. The third-order valence-corrected chi connectivity index (χ3v) is 4.94. The molecule has 1 aliphatic rings. The minimum Gasteiger partial charge on any atom is -0.475 e. The van der Waals surface area contributed by atoms with Crippen LogP contribution in [0.2, 0.25) is 0 Å². The second-order valence-electron chi connectivity index (χ2n) is 7.31. The Morgan fingerprint density at radius 1 is 1.31 bits per heavy atom. The zero-order chi connectivity index (χ0) is 23.3. The van der Waals surface area contributed by atoms with Crippen LogP contribution in [-0.2, 0) is 24.2 Å². The van der Waals surface area contributed by atoms with E-state index >= 15 is 0 Å². The number of hydrogen-bond donors (Lipinski definition) is 3. The molecule has 9 nitrogen and oxygen atoms in total. The standard InChI is InChI=1S/C18H22N6O.C2HF3O2/c1-13-3-2-4-16-21-15(12-24(13)16)5-7-20-18(25)22-14-6-9-23-10-8-19-17(23)11-14;3-2(4,5)1(6)7/h2-4,8,10,12,14H,5-7,9,11H2,1H3,(H2,20,22,25);(H,6,7). The van der Waals surface area contributed by atoms with Crippen LogP contribution in [0.4, 0.5) is 18.0 Å². The molecule has 0 fully saturated rings. The Bertz CT molecular complexity index is 1090. The van der Waals surface area contributed by atoms with Gasteiger partial charge in [0.05, 0.1) is 5.69 Å². The Morgan fingerprint density at radius 3 is 2.75 bits per heavy atom. The number of alkyl halides is 3. The van der Waals surface area contributed by atoms with Gasteiger partial charge in [0.2, 0.25) is 0 Å². The number of aromatic nitrogens is 4. The average molecular weight is 452 g/mol. The SMILES string of the molecule is Cc1cccc2nc(CCNC(=O)NC3CCn4ccnc4C3)cn12.O=C(O)C(F)(F)F. The van der Waals surface area contributed by atoms with E-state index in [4.69, 9.17) is 9.90 Å². The number of halogens is 3. The van der Waals surface area contributed by atoms with Crippen LogP contribution in [0.15, 0.2) is 36.8 Å². The minimum absolute atomic E-state index is 0.120. The van der Waals surface area contributed by atoms with E-state index in [0.29, 0.717) is 13.0 Å². The Kier molecular flexibility index (Phi) is 7.01. The number of carboxylic acid groups (broad SMARTS) is 1. The van der Waals surface area contributed by atoms with Crippen molar-refractivity contribution in [1.29, 1.82) is 0 Å². The first-order valence-corrected chi connectivity index (χ1v) is 9.91. The van der Waals surface area contributed by atoms with E-state index in [2.05, 4.69) is 42.6 Å². The van der Waals surface area contributed by atoms with Crippen LogP contribution < -0.4 is 10.6 Å². The molecule has 172 valence electrons. The van der Waals surface area contributed by atoms with Gasteiger partial charge in [0.15, 0.2) is 0 Å². The number of fused-ring (bicyclic) bond motifs is 2. The fourth-order valence-corrected chi connectivity index (χ4v) is 3.33. The molecule has 3 aromatic rings. The van der Waals surface area contributed by atoms with E-state index in [1.54, 1.807) is 0 Å². The second-order valence-corrected chi connectivity index (χ2v) is 7.31. The summed E-state index contributed by atoms with van der Waals surface area (Å²) in [5.41, 5.74) is 3.07. The van der Waals surface area contributed by atoms with Crippen molar-refractivity contribution in [1.82, 2.24) is 29.6 Å². The maximum absolute atomic E-state index is 12.1. The van der Waals surface area contributed by atoms with Crippen molar-refractivity contribution < 1.29 is 27.9 Å². The van der Waals surface area contributed by atoms with Crippen LogP contribution >= 0.6 is 0 Å². The van der Waals surface area contributed by atoms with Gasteiger partial charge >= 0.3 is 18.2 Å². The van der Waals surface area contributed by atoms with Crippen LogP contribution in [0.25, 0.3) is 5.65 Å². The number of pyridine rings is 1. The molecule has 32 heavy (non-hydrogen) atoms. The number of carbonyl (C=O) groups excluding carboxylic acids is 1. The van der Waals surface area contributed by atoms with Crippen molar-refractivity contribution in [3.63, 3.8) is 0 Å². The minimum atomic E-state index is -5.08. The molecule has 1 unspecified atom stereocenters. The summed E-state index contributed by atoms with van der Waals surface area (Å²) in [4.78, 5) is 29.9. The van der Waals surface area contributed by atoms with E-state index in [-0.39, 0.29) is 12.1 Å². The molecule has 3 aromatic heterocycles. The number of hydrogen-bond acceptors (Lipinski definition) is 4. The van der Waals surface area contributed by atoms with Gasteiger partial charge in [-0.15, -0.1) is 0 Å². The van der Waals surface area contributed by atoms with Crippen molar-refractivity contribution in [3.05, 3.63) is 54.0 Å². The van der Waals surface area contributed by atoms with Crippen molar-refractivity contribution >= 4 is 17.6 Å². The highest BCUT2D eigenvalue weighted by Gasteiger charge is 2.38. The zero-order valence-corrected chi connectivity index (χ0v) is 17.3. The van der Waals surface area contributed by atoms with Gasteiger partial charge in [-0.05, 0) is 25.5 Å². The van der Waals surface area contributed by atoms with Crippen LogP contribution in [0, 0.1) is 6.92 Å². The lowest BCUT2D eigenvalue weighted by molar-refractivity contribution is -0.192. The van der Waals surface area contributed by atoms with E-state index in [0.717, 1.165) is 42.2 Å². The van der Waals surface area contributed by atoms with E-state index < -0.39 is 12.1 Å². The Labute approximate surface area is 181 Å². The van der Waals surface area contributed by atoms with Crippen LogP contribution in [0.3, 0.4) is 0 Å². The van der Waals surface area contributed by atoms with Gasteiger partial charge in [0, 0.05) is 56.3 Å². The molecule has 0 bridgehead atoms. The van der Waals surface area contributed by atoms with Crippen molar-refractivity contribution in [3.8, 4) is 0 Å². The highest BCUT2D eigenvalue weighted by Crippen LogP contribution is 2.14. The van der Waals surface area contributed by atoms with Gasteiger partial charge in [-0.1, -0.05) is 6.07 Å². The van der Waals surface area contributed by atoms with Crippen molar-refractivity contribution in [2.24, 2.45) is 0 Å². The molecule has 0 spiro atoms. The van der Waals surface area contributed by atoms with Gasteiger partial charge in [0.1, 0.15) is 11.5 Å². The molecule has 0 aliphatic carbocycles. The molecule has 1 atom stereocenters. The molecular weight excluding hydrogens is 429 g/mol. The largest absolute Gasteiger partial charge is 0.490 e. The molecular formula is C20H23F3N6O3. The molecule has 0 aromatic carbocycles. The molecule has 3 N–H and O–H groups in total. The first-order chi connectivity index (χ1) is 15.1. The molecule has 0 saturated heterocycles. The number of aliphatic carboxylic acids is 1. The molecule has 1 aliphatic heterocycles. The lowest BCUT2D eigenvalue weighted by atomic mass is 10.1. The number of carbonyl (C=O) groups is 2. The first-order valence-electron chi connectivity index (χ1n) is 9.91. The Balaban J connectivity index is 0.000000360. The highest BCUT2D eigenvalue weighted by molar-refractivity contribution is 5.74. The van der Waals surface area contributed by atoms with E-state index in [1.807, 2.05) is 30.7 Å². The number of carboxylic acids is 1. The molecule has 0 radical (unpaired) electrons. The fourth-order valence-electron chi connectivity index (χ4n) is 3.33. The van der Waals surface area contributed by atoms with Crippen LogP contribution in [0.5, 0.6) is 0 Å². The van der Waals surface area contributed by atoms with Gasteiger partial charge in [-0.2, -0.15) is 13.2 Å². The number of rotatable bonds is 4. The summed E-state index contributed by atoms with van der Waals surface area (Å²) in [6.45, 7) is 3.52. The number of nitrogens with zero attached hydrogens (tertiary/aromatic N) is 4. The Hall–Kier alpha value is -3.57.